The highest BCUT2D eigenvalue weighted by Gasteiger charge is 2.36. The predicted octanol–water partition coefficient (Wildman–Crippen LogP) is 2.36. The fourth-order valence-electron chi connectivity index (χ4n) is 1.75. The Morgan fingerprint density at radius 3 is 2.53 bits per heavy atom. The fourth-order valence-corrected chi connectivity index (χ4v) is 1.75. The summed E-state index contributed by atoms with van der Waals surface area (Å²) in [6.45, 7) is 12.8. The Balaban J connectivity index is 2.63. The van der Waals surface area contributed by atoms with Crippen LogP contribution in [0.5, 0.6) is 0 Å². The van der Waals surface area contributed by atoms with E-state index in [2.05, 4.69) is 44.9 Å². The molecule has 3 unspecified atom stereocenters. The minimum absolute atomic E-state index is 0.0542. The summed E-state index contributed by atoms with van der Waals surface area (Å²) in [5.41, 5.74) is 1.00. The van der Waals surface area contributed by atoms with E-state index in [1.54, 1.807) is 0 Å². The first kappa shape index (κ1) is 12.7. The highest BCUT2D eigenvalue weighted by molar-refractivity contribution is 5.87. The van der Waals surface area contributed by atoms with Gasteiger partial charge in [0.05, 0.1) is 11.6 Å². The first-order valence-corrected chi connectivity index (χ1v) is 5.84. The largest absolute Gasteiger partial charge is 0.346 e. The minimum atomic E-state index is -0.0958. The van der Waals surface area contributed by atoms with Gasteiger partial charge in [0.1, 0.15) is 0 Å². The van der Waals surface area contributed by atoms with E-state index in [1.807, 2.05) is 6.92 Å². The Morgan fingerprint density at radius 1 is 1.53 bits per heavy atom. The van der Waals surface area contributed by atoms with Gasteiger partial charge in [-0.3, -0.25) is 4.99 Å². The maximum Gasteiger partial charge on any atom is 0.166 e. The number of hydrogen-bond donors (Lipinski definition) is 1. The van der Waals surface area contributed by atoms with Crippen molar-refractivity contribution in [3.63, 3.8) is 0 Å². The molecule has 3 heteroatoms. The van der Waals surface area contributed by atoms with Gasteiger partial charge in [-0.15, -0.1) is 0 Å². The normalized spacial score (nSPS) is 29.1. The van der Waals surface area contributed by atoms with Crippen LogP contribution in [0.15, 0.2) is 4.99 Å². The van der Waals surface area contributed by atoms with Gasteiger partial charge in [0.15, 0.2) is 6.23 Å². The highest BCUT2D eigenvalue weighted by Crippen LogP contribution is 2.23. The molecule has 0 saturated carbocycles. The molecule has 88 valence electrons. The van der Waals surface area contributed by atoms with E-state index in [0.29, 0.717) is 6.04 Å². The van der Waals surface area contributed by atoms with Crippen molar-refractivity contribution in [2.45, 2.75) is 71.9 Å². The number of hydrogen-bond acceptors (Lipinski definition) is 3. The summed E-state index contributed by atoms with van der Waals surface area (Å²) >= 11 is 0. The molecule has 0 aliphatic carbocycles. The van der Waals surface area contributed by atoms with Crippen molar-refractivity contribution in [2.24, 2.45) is 4.99 Å². The second-order valence-electron chi connectivity index (χ2n) is 5.08. The molecule has 0 aromatic heterocycles. The number of rotatable bonds is 4. The van der Waals surface area contributed by atoms with E-state index >= 15 is 0 Å². The Bertz CT molecular complexity index is 248. The maximum absolute atomic E-state index is 5.82. The van der Waals surface area contributed by atoms with Gasteiger partial charge in [0.2, 0.25) is 0 Å². The minimum Gasteiger partial charge on any atom is -0.346 e. The van der Waals surface area contributed by atoms with Gasteiger partial charge in [0, 0.05) is 11.8 Å². The van der Waals surface area contributed by atoms with Gasteiger partial charge >= 0.3 is 0 Å². The summed E-state index contributed by atoms with van der Waals surface area (Å²) in [7, 11) is 0. The second kappa shape index (κ2) is 4.62. The van der Waals surface area contributed by atoms with Crippen molar-refractivity contribution in [1.29, 1.82) is 0 Å². The highest BCUT2D eigenvalue weighted by atomic mass is 16.5. The number of ether oxygens (including phenoxy) is 1. The molecule has 0 aromatic carbocycles. The van der Waals surface area contributed by atoms with Gasteiger partial charge in [-0.05, 0) is 41.0 Å². The van der Waals surface area contributed by atoms with E-state index in [4.69, 9.17) is 4.74 Å². The van der Waals surface area contributed by atoms with Gasteiger partial charge in [-0.2, -0.15) is 0 Å². The van der Waals surface area contributed by atoms with Crippen molar-refractivity contribution in [1.82, 2.24) is 5.32 Å². The zero-order chi connectivity index (χ0) is 11.6. The molecule has 1 rings (SSSR count). The van der Waals surface area contributed by atoms with Crippen LogP contribution in [-0.2, 0) is 4.74 Å². The van der Waals surface area contributed by atoms with Crippen molar-refractivity contribution in [3.05, 3.63) is 0 Å². The molecular weight excluding hydrogens is 188 g/mol. The van der Waals surface area contributed by atoms with Crippen LogP contribution in [0.25, 0.3) is 0 Å². The molecule has 3 nitrogen and oxygen atoms in total. The molecule has 3 atom stereocenters. The van der Waals surface area contributed by atoms with Crippen LogP contribution in [0.4, 0.5) is 0 Å². The number of nitrogens with one attached hydrogen (secondary N) is 1. The molecule has 0 aromatic rings. The molecule has 0 fully saturated rings. The van der Waals surface area contributed by atoms with E-state index < -0.39 is 0 Å². The lowest BCUT2D eigenvalue weighted by molar-refractivity contribution is 0.00127. The monoisotopic (exact) mass is 212 g/mol. The number of aliphatic imine (C=N–C) groups is 1. The molecule has 1 aliphatic heterocycles. The SMILES string of the molecule is CCC(C)NC(C)(C)C1N=C(C)C(C)O1. The van der Waals surface area contributed by atoms with Crippen LogP contribution in [0.2, 0.25) is 0 Å². The fraction of sp³-hybridized carbons (Fsp3) is 0.917. The Hall–Kier alpha value is -0.410. The lowest BCUT2D eigenvalue weighted by Crippen LogP contribution is -2.52. The summed E-state index contributed by atoms with van der Waals surface area (Å²) in [5, 5.41) is 3.56. The van der Waals surface area contributed by atoms with Crippen LogP contribution < -0.4 is 5.32 Å². The first-order valence-electron chi connectivity index (χ1n) is 5.84. The third-order valence-corrected chi connectivity index (χ3v) is 3.09. The summed E-state index contributed by atoms with van der Waals surface area (Å²) in [6, 6.07) is 0.495. The zero-order valence-electron chi connectivity index (χ0n) is 10.8. The number of nitrogens with zero attached hydrogens (tertiary/aromatic N) is 1. The quantitative estimate of drug-likeness (QED) is 0.776. The predicted molar refractivity (Wildman–Crippen MR) is 64.4 cm³/mol. The molecule has 15 heavy (non-hydrogen) atoms. The lowest BCUT2D eigenvalue weighted by atomic mass is 10.0. The van der Waals surface area contributed by atoms with Crippen LogP contribution in [0.3, 0.4) is 0 Å². The van der Waals surface area contributed by atoms with Gasteiger partial charge in [-0.25, -0.2) is 0 Å². The van der Waals surface area contributed by atoms with E-state index in [-0.39, 0.29) is 17.9 Å². The molecule has 1 N–H and O–H groups in total. The Labute approximate surface area is 93.3 Å². The first-order chi connectivity index (χ1) is 6.86. The molecule has 0 bridgehead atoms. The smallest absolute Gasteiger partial charge is 0.166 e. The molecule has 1 heterocycles. The van der Waals surface area contributed by atoms with Crippen molar-refractivity contribution < 1.29 is 4.74 Å². The second-order valence-corrected chi connectivity index (χ2v) is 5.08. The van der Waals surface area contributed by atoms with Crippen molar-refractivity contribution >= 4 is 5.71 Å². The zero-order valence-corrected chi connectivity index (χ0v) is 10.8. The molecule has 0 radical (unpaired) electrons. The maximum atomic E-state index is 5.82. The van der Waals surface area contributed by atoms with E-state index in [9.17, 15) is 0 Å². The summed E-state index contributed by atoms with van der Waals surface area (Å²) in [4.78, 5) is 4.56. The topological polar surface area (TPSA) is 33.6 Å². The van der Waals surface area contributed by atoms with Crippen molar-refractivity contribution in [3.8, 4) is 0 Å². The third kappa shape index (κ3) is 3.02. The van der Waals surface area contributed by atoms with Crippen LogP contribution >= 0.6 is 0 Å². The van der Waals surface area contributed by atoms with Crippen LogP contribution in [0, 0.1) is 0 Å². The van der Waals surface area contributed by atoms with Crippen LogP contribution in [-0.4, -0.2) is 29.6 Å². The summed E-state index contributed by atoms with van der Waals surface area (Å²) < 4.78 is 5.82. The van der Waals surface area contributed by atoms with E-state index in [1.165, 1.54) is 0 Å². The average Bonchev–Trinajstić information content (AvgIpc) is 2.47. The molecule has 0 amide bonds. The van der Waals surface area contributed by atoms with E-state index in [0.717, 1.165) is 12.1 Å². The van der Waals surface area contributed by atoms with Crippen molar-refractivity contribution in [2.75, 3.05) is 0 Å². The summed E-state index contributed by atoms with van der Waals surface area (Å²) in [5.74, 6) is 0. The molecule has 1 aliphatic rings. The lowest BCUT2D eigenvalue weighted by Gasteiger charge is -2.33. The standard InChI is InChI=1S/C12H24N2O/c1-7-8(2)14-12(5,6)11-13-9(3)10(4)15-11/h8,10-11,14H,7H2,1-6H3. The Kier molecular flexibility index (Phi) is 3.90. The molecule has 0 spiro atoms. The van der Waals surface area contributed by atoms with Gasteiger partial charge in [0.25, 0.3) is 0 Å². The van der Waals surface area contributed by atoms with Gasteiger partial charge in [-0.1, -0.05) is 6.92 Å². The van der Waals surface area contributed by atoms with Gasteiger partial charge < -0.3 is 10.1 Å². The summed E-state index contributed by atoms with van der Waals surface area (Å²) in [6.07, 6.45) is 1.23. The third-order valence-electron chi connectivity index (χ3n) is 3.09. The van der Waals surface area contributed by atoms with Crippen LogP contribution in [0.1, 0.15) is 48.0 Å². The average molecular weight is 212 g/mol. The Morgan fingerprint density at radius 2 is 2.13 bits per heavy atom. The molecular formula is C12H24N2O. The molecule has 0 saturated heterocycles.